The van der Waals surface area contributed by atoms with Crippen LogP contribution < -0.4 is 5.73 Å². The summed E-state index contributed by atoms with van der Waals surface area (Å²) in [6.45, 7) is 5.57. The van der Waals surface area contributed by atoms with Crippen LogP contribution in [0.25, 0.3) is 0 Å². The summed E-state index contributed by atoms with van der Waals surface area (Å²) in [6, 6.07) is 5.43. The Balaban J connectivity index is 0.00000220. The quantitative estimate of drug-likeness (QED) is 0.886. The van der Waals surface area contributed by atoms with Crippen LogP contribution >= 0.6 is 35.6 Å². The van der Waals surface area contributed by atoms with Gasteiger partial charge in [-0.1, -0.05) is 43.1 Å². The lowest BCUT2D eigenvalue weighted by molar-refractivity contribution is -0.133. The van der Waals surface area contributed by atoms with Gasteiger partial charge in [0, 0.05) is 29.2 Å². The van der Waals surface area contributed by atoms with E-state index in [4.69, 9.17) is 28.9 Å². The van der Waals surface area contributed by atoms with Crippen LogP contribution in [0.4, 0.5) is 0 Å². The Morgan fingerprint density at radius 1 is 1.38 bits per heavy atom. The smallest absolute Gasteiger partial charge is 0.227 e. The van der Waals surface area contributed by atoms with Crippen molar-refractivity contribution in [2.75, 3.05) is 13.1 Å². The van der Waals surface area contributed by atoms with Crippen molar-refractivity contribution in [3.05, 3.63) is 33.8 Å². The molecule has 6 heteroatoms. The molecule has 118 valence electrons. The van der Waals surface area contributed by atoms with Crippen LogP contribution in [0.1, 0.15) is 25.8 Å². The third-order valence-corrected chi connectivity index (χ3v) is 4.76. The van der Waals surface area contributed by atoms with Crippen molar-refractivity contribution in [2.45, 2.75) is 32.7 Å². The molecule has 1 aromatic carbocycles. The van der Waals surface area contributed by atoms with E-state index in [1.165, 1.54) is 0 Å². The topological polar surface area (TPSA) is 46.3 Å². The van der Waals surface area contributed by atoms with Gasteiger partial charge in [0.25, 0.3) is 0 Å². The molecule has 1 aliphatic rings. The molecule has 21 heavy (non-hydrogen) atoms. The van der Waals surface area contributed by atoms with Crippen LogP contribution in [-0.4, -0.2) is 29.9 Å². The average Bonchev–Trinajstić information content (AvgIpc) is 2.37. The second-order valence-corrected chi connectivity index (χ2v) is 6.89. The Morgan fingerprint density at radius 3 is 2.48 bits per heavy atom. The zero-order valence-corrected chi connectivity index (χ0v) is 14.6. The molecule has 3 nitrogen and oxygen atoms in total. The number of likely N-dealkylation sites (tertiary alicyclic amines) is 1. The van der Waals surface area contributed by atoms with Crippen molar-refractivity contribution in [1.82, 2.24) is 4.90 Å². The first kappa shape index (κ1) is 18.6. The minimum atomic E-state index is -0.0574. The molecule has 1 amide bonds. The highest BCUT2D eigenvalue weighted by Crippen LogP contribution is 2.29. The molecular formula is C15H21Cl3N2O. The SMILES string of the molecule is CC1(C)CN(C(=O)Cc2c(Cl)cccc2Cl)CCC1N.Cl. The Bertz CT molecular complexity index is 499. The van der Waals surface area contributed by atoms with Crippen molar-refractivity contribution in [2.24, 2.45) is 11.1 Å². The first-order valence-corrected chi connectivity index (χ1v) is 7.53. The number of carbonyl (C=O) groups is 1. The molecule has 0 aromatic heterocycles. The zero-order chi connectivity index (χ0) is 14.9. The minimum absolute atomic E-state index is 0. The van der Waals surface area contributed by atoms with Gasteiger partial charge in [0.05, 0.1) is 6.42 Å². The van der Waals surface area contributed by atoms with Crippen LogP contribution in [0.5, 0.6) is 0 Å². The molecular weight excluding hydrogens is 331 g/mol. The Morgan fingerprint density at radius 2 is 1.95 bits per heavy atom. The fraction of sp³-hybridized carbons (Fsp3) is 0.533. The molecule has 0 saturated carbocycles. The first-order chi connectivity index (χ1) is 9.31. The summed E-state index contributed by atoms with van der Waals surface area (Å²) in [4.78, 5) is 14.3. The summed E-state index contributed by atoms with van der Waals surface area (Å²) in [5.74, 6) is 0.0555. The van der Waals surface area contributed by atoms with E-state index in [-0.39, 0.29) is 36.2 Å². The monoisotopic (exact) mass is 350 g/mol. The number of halogens is 3. The Kier molecular flexibility index (Phi) is 6.36. The third-order valence-electron chi connectivity index (χ3n) is 4.05. The maximum Gasteiger partial charge on any atom is 0.227 e. The van der Waals surface area contributed by atoms with Crippen LogP contribution in [0.2, 0.25) is 10.0 Å². The summed E-state index contributed by atoms with van der Waals surface area (Å²) < 4.78 is 0. The van der Waals surface area contributed by atoms with E-state index in [1.807, 2.05) is 4.90 Å². The van der Waals surface area contributed by atoms with Gasteiger partial charge >= 0.3 is 0 Å². The van der Waals surface area contributed by atoms with E-state index in [9.17, 15) is 4.79 Å². The molecule has 1 atom stereocenters. The van der Waals surface area contributed by atoms with Crippen LogP contribution in [0, 0.1) is 5.41 Å². The van der Waals surface area contributed by atoms with Gasteiger partial charge in [0.1, 0.15) is 0 Å². The number of amides is 1. The van der Waals surface area contributed by atoms with Crippen molar-refractivity contribution in [1.29, 1.82) is 0 Å². The van der Waals surface area contributed by atoms with Gasteiger partial charge in [-0.3, -0.25) is 4.79 Å². The molecule has 1 aromatic rings. The van der Waals surface area contributed by atoms with Crippen molar-refractivity contribution in [3.8, 4) is 0 Å². The molecule has 1 unspecified atom stereocenters. The highest BCUT2D eigenvalue weighted by Gasteiger charge is 2.35. The summed E-state index contributed by atoms with van der Waals surface area (Å²) in [5, 5.41) is 1.08. The van der Waals surface area contributed by atoms with Gasteiger partial charge in [-0.05, 0) is 29.5 Å². The van der Waals surface area contributed by atoms with Crippen LogP contribution in [0.3, 0.4) is 0 Å². The van der Waals surface area contributed by atoms with E-state index in [0.717, 1.165) is 6.42 Å². The van der Waals surface area contributed by atoms with E-state index in [2.05, 4.69) is 13.8 Å². The molecule has 2 N–H and O–H groups in total. The molecule has 1 aliphatic heterocycles. The van der Waals surface area contributed by atoms with Gasteiger partial charge in [0.2, 0.25) is 5.91 Å². The summed E-state index contributed by atoms with van der Waals surface area (Å²) in [6.07, 6.45) is 1.07. The van der Waals surface area contributed by atoms with Crippen LogP contribution in [0.15, 0.2) is 18.2 Å². The Labute approximate surface area is 142 Å². The lowest BCUT2D eigenvalue weighted by Gasteiger charge is -2.42. The molecule has 1 saturated heterocycles. The van der Waals surface area contributed by atoms with Gasteiger partial charge in [-0.2, -0.15) is 0 Å². The van der Waals surface area contributed by atoms with Crippen molar-refractivity contribution >= 4 is 41.5 Å². The van der Waals surface area contributed by atoms with Crippen molar-refractivity contribution < 1.29 is 4.79 Å². The Hall–Kier alpha value is -0.480. The maximum atomic E-state index is 12.4. The molecule has 0 spiro atoms. The minimum Gasteiger partial charge on any atom is -0.342 e. The molecule has 0 aliphatic carbocycles. The maximum absolute atomic E-state index is 12.4. The fourth-order valence-corrected chi connectivity index (χ4v) is 3.08. The predicted molar refractivity (Wildman–Crippen MR) is 90.4 cm³/mol. The summed E-state index contributed by atoms with van der Waals surface area (Å²) in [7, 11) is 0. The van der Waals surface area contributed by atoms with Crippen LogP contribution in [-0.2, 0) is 11.2 Å². The molecule has 0 bridgehead atoms. The lowest BCUT2D eigenvalue weighted by atomic mass is 9.79. The predicted octanol–water partition coefficient (Wildman–Crippen LogP) is 3.54. The van der Waals surface area contributed by atoms with Gasteiger partial charge in [0.15, 0.2) is 0 Å². The van der Waals surface area contributed by atoms with E-state index >= 15 is 0 Å². The fourth-order valence-electron chi connectivity index (χ4n) is 2.55. The number of piperidine rings is 1. The highest BCUT2D eigenvalue weighted by molar-refractivity contribution is 6.36. The zero-order valence-electron chi connectivity index (χ0n) is 12.2. The van der Waals surface area contributed by atoms with E-state index in [1.54, 1.807) is 18.2 Å². The second kappa shape index (κ2) is 7.19. The summed E-state index contributed by atoms with van der Waals surface area (Å²) >= 11 is 12.2. The highest BCUT2D eigenvalue weighted by atomic mass is 35.5. The van der Waals surface area contributed by atoms with Gasteiger partial charge in [-0.25, -0.2) is 0 Å². The first-order valence-electron chi connectivity index (χ1n) is 6.77. The second-order valence-electron chi connectivity index (χ2n) is 6.08. The van der Waals surface area contributed by atoms with Gasteiger partial charge < -0.3 is 10.6 Å². The number of nitrogens with two attached hydrogens (primary N) is 1. The third kappa shape index (κ3) is 4.26. The molecule has 1 fully saturated rings. The number of hydrogen-bond acceptors (Lipinski definition) is 2. The van der Waals surface area contributed by atoms with E-state index in [0.29, 0.717) is 28.7 Å². The summed E-state index contributed by atoms with van der Waals surface area (Å²) in [5.41, 5.74) is 6.74. The lowest BCUT2D eigenvalue weighted by Crippen LogP contribution is -2.54. The molecule has 2 rings (SSSR count). The normalized spacial score (nSPS) is 20.8. The average molecular weight is 352 g/mol. The van der Waals surface area contributed by atoms with Gasteiger partial charge in [-0.15, -0.1) is 12.4 Å². The largest absolute Gasteiger partial charge is 0.342 e. The molecule has 0 radical (unpaired) electrons. The number of nitrogens with zero attached hydrogens (tertiary/aromatic N) is 1. The standard InChI is InChI=1S/C15H20Cl2N2O.ClH/c1-15(2)9-19(7-6-13(15)18)14(20)8-10-11(16)4-3-5-12(10)17;/h3-5,13H,6-9,18H2,1-2H3;1H. The van der Waals surface area contributed by atoms with Crippen molar-refractivity contribution in [3.63, 3.8) is 0 Å². The number of hydrogen-bond donors (Lipinski definition) is 1. The number of rotatable bonds is 2. The number of benzene rings is 1. The van der Waals surface area contributed by atoms with E-state index < -0.39 is 0 Å². The number of carbonyl (C=O) groups excluding carboxylic acids is 1. The molecule has 1 heterocycles.